The third kappa shape index (κ3) is 1.13. The molecule has 0 saturated heterocycles. The molecule has 12 heavy (non-hydrogen) atoms. The monoisotopic (exact) mass is 279 g/mol. The second kappa shape index (κ2) is 2.58. The lowest BCUT2D eigenvalue weighted by Crippen LogP contribution is -1.92. The fourth-order valence-corrected chi connectivity index (χ4v) is 1.41. The summed E-state index contributed by atoms with van der Waals surface area (Å²) in [6, 6.07) is 2.71. The summed E-state index contributed by atoms with van der Waals surface area (Å²) < 4.78 is 18.0. The Balaban J connectivity index is 2.92. The molecule has 2 aromatic rings. The van der Waals surface area contributed by atoms with Gasteiger partial charge in [-0.1, -0.05) is 0 Å². The molecule has 0 aliphatic heterocycles. The van der Waals surface area contributed by atoms with E-state index in [4.69, 9.17) is 0 Å². The normalized spacial score (nSPS) is 10.8. The average molecular weight is 279 g/mol. The maximum absolute atomic E-state index is 12.9. The zero-order valence-corrected chi connectivity index (χ0v) is 7.88. The van der Waals surface area contributed by atoms with E-state index in [1.54, 1.807) is 0 Å². The van der Waals surface area contributed by atoms with Crippen LogP contribution in [-0.2, 0) is 0 Å². The van der Waals surface area contributed by atoms with Crippen LogP contribution in [-0.4, -0.2) is 4.98 Å². The maximum atomic E-state index is 12.9. The predicted octanol–water partition coefficient (Wildman–Crippen LogP) is 1.86. The van der Waals surface area contributed by atoms with E-state index < -0.39 is 5.76 Å². The molecule has 0 aliphatic rings. The van der Waals surface area contributed by atoms with E-state index in [0.717, 1.165) is 0 Å². The van der Waals surface area contributed by atoms with Gasteiger partial charge in [-0.3, -0.25) is 4.98 Å². The number of benzene rings is 1. The Morgan fingerprint density at radius 1 is 1.50 bits per heavy atom. The first kappa shape index (κ1) is 7.78. The lowest BCUT2D eigenvalue weighted by atomic mass is 10.3. The number of aromatic amines is 1. The van der Waals surface area contributed by atoms with E-state index in [1.807, 2.05) is 22.6 Å². The number of hydrogen-bond donors (Lipinski definition) is 1. The zero-order valence-electron chi connectivity index (χ0n) is 5.73. The molecule has 0 unspecified atom stereocenters. The van der Waals surface area contributed by atoms with Crippen molar-refractivity contribution in [3.05, 3.63) is 32.1 Å². The molecule has 62 valence electrons. The number of H-pyrrole nitrogens is 1. The van der Waals surface area contributed by atoms with Gasteiger partial charge in [-0.05, 0) is 28.7 Å². The summed E-state index contributed by atoms with van der Waals surface area (Å²) >= 11 is 1.84. The molecule has 3 nitrogen and oxygen atoms in total. The number of aromatic nitrogens is 1. The van der Waals surface area contributed by atoms with Crippen molar-refractivity contribution < 1.29 is 8.81 Å². The van der Waals surface area contributed by atoms with Gasteiger partial charge in [0.25, 0.3) is 0 Å². The Morgan fingerprint density at radius 3 is 3.00 bits per heavy atom. The van der Waals surface area contributed by atoms with Gasteiger partial charge in [-0.15, -0.1) is 0 Å². The Morgan fingerprint density at radius 2 is 2.25 bits per heavy atom. The molecule has 0 aliphatic carbocycles. The smallest absolute Gasteiger partial charge is 0.408 e. The van der Waals surface area contributed by atoms with Gasteiger partial charge in [0.15, 0.2) is 5.58 Å². The lowest BCUT2D eigenvalue weighted by molar-refractivity contribution is 0.550. The van der Waals surface area contributed by atoms with E-state index >= 15 is 0 Å². The highest BCUT2D eigenvalue weighted by atomic mass is 127. The highest BCUT2D eigenvalue weighted by Gasteiger charge is 2.05. The average Bonchev–Trinajstić information content (AvgIpc) is 2.30. The van der Waals surface area contributed by atoms with Crippen molar-refractivity contribution in [1.29, 1.82) is 0 Å². The van der Waals surface area contributed by atoms with Crippen molar-refractivity contribution in [3.63, 3.8) is 0 Å². The highest BCUT2D eigenvalue weighted by Crippen LogP contribution is 2.17. The van der Waals surface area contributed by atoms with Crippen LogP contribution in [0.4, 0.5) is 4.39 Å². The minimum absolute atomic E-state index is 0.248. The van der Waals surface area contributed by atoms with E-state index in [-0.39, 0.29) is 11.4 Å². The van der Waals surface area contributed by atoms with Crippen molar-refractivity contribution in [2.45, 2.75) is 0 Å². The summed E-state index contributed by atoms with van der Waals surface area (Å²) in [5, 5.41) is 0. The van der Waals surface area contributed by atoms with Crippen molar-refractivity contribution in [2.75, 3.05) is 0 Å². The molecular formula is C7H3FINO2. The Hall–Kier alpha value is -0.850. The lowest BCUT2D eigenvalue weighted by Gasteiger charge is -1.91. The van der Waals surface area contributed by atoms with E-state index in [0.29, 0.717) is 9.09 Å². The standard InChI is InChI=1S/C7H3FINO2/c8-3-1-6-5(2-4(3)9)10-7(11)12-6/h1-2H,(H,10,11). The summed E-state index contributed by atoms with van der Waals surface area (Å²) in [7, 11) is 0. The summed E-state index contributed by atoms with van der Waals surface area (Å²) in [6.07, 6.45) is 0. The van der Waals surface area contributed by atoms with Crippen molar-refractivity contribution in [2.24, 2.45) is 0 Å². The molecule has 0 atom stereocenters. The molecular weight excluding hydrogens is 276 g/mol. The zero-order chi connectivity index (χ0) is 8.72. The van der Waals surface area contributed by atoms with Crippen LogP contribution in [0.5, 0.6) is 0 Å². The number of rotatable bonds is 0. The number of oxazole rings is 1. The van der Waals surface area contributed by atoms with Gasteiger partial charge in [0.2, 0.25) is 0 Å². The fourth-order valence-electron chi connectivity index (χ4n) is 0.946. The van der Waals surface area contributed by atoms with Crippen LogP contribution < -0.4 is 5.76 Å². The van der Waals surface area contributed by atoms with Crippen LogP contribution in [0.2, 0.25) is 0 Å². The Labute approximate surface area is 79.7 Å². The first-order valence-electron chi connectivity index (χ1n) is 3.15. The molecule has 0 fully saturated rings. The topological polar surface area (TPSA) is 46.0 Å². The molecule has 0 radical (unpaired) electrons. The van der Waals surface area contributed by atoms with E-state index in [9.17, 15) is 9.18 Å². The van der Waals surface area contributed by atoms with Gasteiger partial charge in [-0.25, -0.2) is 9.18 Å². The van der Waals surface area contributed by atoms with Gasteiger partial charge in [0.1, 0.15) is 5.82 Å². The predicted molar refractivity (Wildman–Crippen MR) is 49.5 cm³/mol. The molecule has 0 amide bonds. The number of halogens is 2. The van der Waals surface area contributed by atoms with Crippen molar-refractivity contribution >= 4 is 33.7 Å². The first-order chi connectivity index (χ1) is 5.66. The molecule has 1 heterocycles. The fraction of sp³-hybridized carbons (Fsp3) is 0. The first-order valence-corrected chi connectivity index (χ1v) is 4.22. The van der Waals surface area contributed by atoms with Crippen LogP contribution in [0.1, 0.15) is 0 Å². The minimum Gasteiger partial charge on any atom is -0.408 e. The van der Waals surface area contributed by atoms with Crippen LogP contribution in [0, 0.1) is 9.39 Å². The van der Waals surface area contributed by atoms with Crippen LogP contribution in [0.15, 0.2) is 21.3 Å². The molecule has 1 aromatic heterocycles. The largest absolute Gasteiger partial charge is 0.417 e. The second-order valence-corrected chi connectivity index (χ2v) is 3.44. The summed E-state index contributed by atoms with van der Waals surface area (Å²) in [6.45, 7) is 0. The van der Waals surface area contributed by atoms with Gasteiger partial charge in [0, 0.05) is 6.07 Å². The molecule has 1 aromatic carbocycles. The Bertz CT molecular complexity index is 446. The van der Waals surface area contributed by atoms with Crippen LogP contribution in [0.3, 0.4) is 0 Å². The highest BCUT2D eigenvalue weighted by molar-refractivity contribution is 14.1. The minimum atomic E-state index is -0.564. The third-order valence-corrected chi connectivity index (χ3v) is 2.29. The van der Waals surface area contributed by atoms with Crippen LogP contribution >= 0.6 is 22.6 Å². The molecule has 2 rings (SSSR count). The van der Waals surface area contributed by atoms with E-state index in [1.165, 1.54) is 12.1 Å². The summed E-state index contributed by atoms with van der Waals surface area (Å²) in [4.78, 5) is 13.1. The van der Waals surface area contributed by atoms with Crippen LogP contribution in [0.25, 0.3) is 11.1 Å². The van der Waals surface area contributed by atoms with Gasteiger partial charge >= 0.3 is 5.76 Å². The molecule has 0 saturated carbocycles. The van der Waals surface area contributed by atoms with Crippen molar-refractivity contribution in [1.82, 2.24) is 4.98 Å². The van der Waals surface area contributed by atoms with Crippen molar-refractivity contribution in [3.8, 4) is 0 Å². The van der Waals surface area contributed by atoms with Gasteiger partial charge in [-0.2, -0.15) is 0 Å². The molecule has 0 bridgehead atoms. The SMILES string of the molecule is O=c1[nH]c2cc(I)c(F)cc2o1. The summed E-state index contributed by atoms with van der Waals surface area (Å²) in [5.41, 5.74) is 0.767. The van der Waals surface area contributed by atoms with Gasteiger partial charge in [0.05, 0.1) is 9.09 Å². The maximum Gasteiger partial charge on any atom is 0.417 e. The second-order valence-electron chi connectivity index (χ2n) is 2.28. The number of fused-ring (bicyclic) bond motifs is 1. The molecule has 0 spiro atoms. The summed E-state index contributed by atoms with van der Waals surface area (Å²) in [5.74, 6) is -0.947. The number of nitrogens with one attached hydrogen (secondary N) is 1. The third-order valence-electron chi connectivity index (χ3n) is 1.46. The number of hydrogen-bond acceptors (Lipinski definition) is 2. The molecule has 1 N–H and O–H groups in total. The van der Waals surface area contributed by atoms with Gasteiger partial charge < -0.3 is 4.42 Å². The Kier molecular flexibility index (Phi) is 1.67. The quantitative estimate of drug-likeness (QED) is 0.748. The van der Waals surface area contributed by atoms with E-state index in [2.05, 4.69) is 9.40 Å². The molecule has 5 heteroatoms.